The molecule has 7 rings (SSSR count). The van der Waals surface area contributed by atoms with E-state index in [2.05, 4.69) is 42.5 Å². The van der Waals surface area contributed by atoms with E-state index in [1.54, 1.807) is 5.56 Å². The molecule has 1 heteroatoms. The molecule has 4 bridgehead atoms. The van der Waals surface area contributed by atoms with Gasteiger partial charge in [-0.2, -0.15) is 0 Å². The number of hydrogen-bond donors (Lipinski definition) is 0. The van der Waals surface area contributed by atoms with Crippen molar-refractivity contribution in [2.45, 2.75) is 37.5 Å². The Balaban J connectivity index is 1.71. The minimum atomic E-state index is 0.220. The van der Waals surface area contributed by atoms with Crippen LogP contribution in [0.25, 0.3) is 11.1 Å². The Kier molecular flexibility index (Phi) is 2.40. The van der Waals surface area contributed by atoms with Gasteiger partial charge in [-0.3, -0.25) is 0 Å². The van der Waals surface area contributed by atoms with Gasteiger partial charge in [-0.1, -0.05) is 48.0 Å². The minimum absolute atomic E-state index is 0.220. The largest absolute Gasteiger partial charge is 0.0840 e. The summed E-state index contributed by atoms with van der Waals surface area (Å²) in [6.45, 7) is 0. The molecule has 0 unspecified atom stereocenters. The zero-order valence-electron chi connectivity index (χ0n) is 13.3. The number of benzene rings is 2. The summed E-state index contributed by atoms with van der Waals surface area (Å²) < 4.78 is 0. The predicted octanol–water partition coefficient (Wildman–Crippen LogP) is 6.06. The second-order valence-corrected chi connectivity index (χ2v) is 8.79. The summed E-state index contributed by atoms with van der Waals surface area (Å²) in [6.07, 6.45) is 7.19. The van der Waals surface area contributed by atoms with Crippen molar-refractivity contribution in [3.63, 3.8) is 0 Å². The van der Waals surface area contributed by atoms with Crippen LogP contribution in [0.5, 0.6) is 0 Å². The van der Waals surface area contributed by atoms with E-state index in [1.165, 1.54) is 48.8 Å². The number of fused-ring (bicyclic) bond motifs is 3. The summed E-state index contributed by atoms with van der Waals surface area (Å²) in [7, 11) is 0. The molecule has 5 aliphatic rings. The quantitative estimate of drug-likeness (QED) is 0.553. The van der Waals surface area contributed by atoms with Crippen molar-refractivity contribution in [1.29, 1.82) is 0 Å². The Morgan fingerprint density at radius 3 is 2.13 bits per heavy atom. The molecule has 0 aliphatic heterocycles. The third-order valence-electron chi connectivity index (χ3n) is 7.52. The van der Waals surface area contributed by atoms with Crippen LogP contribution in [0.2, 0.25) is 5.02 Å². The first kappa shape index (κ1) is 13.1. The average molecular weight is 321 g/mol. The summed E-state index contributed by atoms with van der Waals surface area (Å²) in [6, 6.07) is 15.7. The van der Waals surface area contributed by atoms with E-state index in [0.717, 1.165) is 28.7 Å². The van der Waals surface area contributed by atoms with Crippen molar-refractivity contribution >= 4 is 11.6 Å². The molecule has 0 saturated heterocycles. The van der Waals surface area contributed by atoms with Crippen LogP contribution in [0.4, 0.5) is 0 Å². The van der Waals surface area contributed by atoms with Crippen molar-refractivity contribution in [2.24, 2.45) is 23.7 Å². The molecule has 0 radical (unpaired) electrons. The van der Waals surface area contributed by atoms with Crippen LogP contribution >= 0.6 is 11.6 Å². The van der Waals surface area contributed by atoms with Gasteiger partial charge in [0, 0.05) is 10.4 Å². The molecule has 0 N–H and O–H groups in total. The summed E-state index contributed by atoms with van der Waals surface area (Å²) in [4.78, 5) is 0. The first-order valence-electron chi connectivity index (χ1n) is 9.17. The highest BCUT2D eigenvalue weighted by Crippen LogP contribution is 2.70. The van der Waals surface area contributed by atoms with E-state index in [0.29, 0.717) is 0 Å². The molecule has 2 aromatic rings. The number of halogens is 1. The maximum absolute atomic E-state index is 6.84. The second kappa shape index (κ2) is 4.22. The van der Waals surface area contributed by atoms with Crippen molar-refractivity contribution in [1.82, 2.24) is 0 Å². The standard InChI is InChI=1S/C22H21Cl/c23-20-7-3-5-18-17-4-1-2-6-19(17)22(21(18)20)15-9-13-8-14(11-15)12-16(22)10-13/h1-7,13-16H,8-12H2. The van der Waals surface area contributed by atoms with E-state index >= 15 is 0 Å². The molecule has 0 aromatic heterocycles. The lowest BCUT2D eigenvalue weighted by Crippen LogP contribution is -2.55. The summed E-state index contributed by atoms with van der Waals surface area (Å²) >= 11 is 6.84. The van der Waals surface area contributed by atoms with E-state index in [9.17, 15) is 0 Å². The van der Waals surface area contributed by atoms with Gasteiger partial charge in [0.1, 0.15) is 0 Å². The molecule has 0 amide bonds. The van der Waals surface area contributed by atoms with Crippen LogP contribution in [0.15, 0.2) is 42.5 Å². The summed E-state index contributed by atoms with van der Waals surface area (Å²) in [5, 5.41) is 1.01. The molecule has 0 nitrogen and oxygen atoms in total. The van der Waals surface area contributed by atoms with Crippen LogP contribution in [-0.4, -0.2) is 0 Å². The van der Waals surface area contributed by atoms with Gasteiger partial charge < -0.3 is 0 Å². The summed E-state index contributed by atoms with van der Waals surface area (Å²) in [5.41, 5.74) is 6.17. The van der Waals surface area contributed by atoms with Gasteiger partial charge in [0.2, 0.25) is 0 Å². The first-order chi connectivity index (χ1) is 11.3. The zero-order valence-corrected chi connectivity index (χ0v) is 14.0. The third-order valence-corrected chi connectivity index (χ3v) is 7.83. The second-order valence-electron chi connectivity index (χ2n) is 8.38. The molecule has 0 heterocycles. The molecule has 2 aromatic carbocycles. The highest BCUT2D eigenvalue weighted by atomic mass is 35.5. The van der Waals surface area contributed by atoms with Gasteiger partial charge in [0.05, 0.1) is 0 Å². The SMILES string of the molecule is Clc1cccc2c1C1(c3ccccc3-2)C2CC3CC(C2)CC1C3. The van der Waals surface area contributed by atoms with Crippen molar-refractivity contribution in [3.05, 3.63) is 58.6 Å². The van der Waals surface area contributed by atoms with Crippen LogP contribution < -0.4 is 0 Å². The van der Waals surface area contributed by atoms with E-state index in [1.807, 2.05) is 0 Å². The molecule has 23 heavy (non-hydrogen) atoms. The van der Waals surface area contributed by atoms with Crippen molar-refractivity contribution in [3.8, 4) is 11.1 Å². The normalized spacial score (nSPS) is 38.8. The fourth-order valence-electron chi connectivity index (χ4n) is 7.16. The lowest BCUT2D eigenvalue weighted by atomic mass is 9.43. The molecular formula is C22H21Cl. The average Bonchev–Trinajstić information content (AvgIpc) is 2.85. The highest BCUT2D eigenvalue weighted by Gasteiger charge is 2.62. The van der Waals surface area contributed by atoms with Crippen molar-refractivity contribution < 1.29 is 0 Å². The Hall–Kier alpha value is -1.27. The van der Waals surface area contributed by atoms with Gasteiger partial charge in [0.25, 0.3) is 0 Å². The molecule has 116 valence electrons. The van der Waals surface area contributed by atoms with Crippen LogP contribution in [-0.2, 0) is 5.41 Å². The fourth-order valence-corrected chi connectivity index (χ4v) is 7.49. The van der Waals surface area contributed by atoms with Crippen LogP contribution in [0.1, 0.15) is 43.2 Å². The fraction of sp³-hybridized carbons (Fsp3) is 0.455. The smallest absolute Gasteiger partial charge is 0.0453 e. The molecule has 4 saturated carbocycles. The maximum Gasteiger partial charge on any atom is 0.0453 e. The lowest BCUT2D eigenvalue weighted by molar-refractivity contribution is -0.0399. The lowest BCUT2D eigenvalue weighted by Gasteiger charge is -2.61. The van der Waals surface area contributed by atoms with Crippen LogP contribution in [0.3, 0.4) is 0 Å². The Labute approximate surface area is 142 Å². The maximum atomic E-state index is 6.84. The predicted molar refractivity (Wildman–Crippen MR) is 94.7 cm³/mol. The minimum Gasteiger partial charge on any atom is -0.0840 e. The topological polar surface area (TPSA) is 0 Å². The van der Waals surface area contributed by atoms with E-state index in [4.69, 9.17) is 11.6 Å². The molecular weight excluding hydrogens is 300 g/mol. The Bertz CT molecular complexity index is 790. The molecule has 5 aliphatic carbocycles. The third kappa shape index (κ3) is 1.41. The highest BCUT2D eigenvalue weighted by molar-refractivity contribution is 6.32. The number of rotatable bonds is 0. The first-order valence-corrected chi connectivity index (χ1v) is 9.55. The Morgan fingerprint density at radius 2 is 1.39 bits per heavy atom. The molecule has 1 spiro atoms. The summed E-state index contributed by atoms with van der Waals surface area (Å²) in [5.74, 6) is 3.59. The monoisotopic (exact) mass is 320 g/mol. The molecule has 4 fully saturated rings. The number of hydrogen-bond acceptors (Lipinski definition) is 0. The Morgan fingerprint density at radius 1 is 0.739 bits per heavy atom. The van der Waals surface area contributed by atoms with Crippen molar-refractivity contribution in [2.75, 3.05) is 0 Å². The zero-order chi connectivity index (χ0) is 15.2. The van der Waals surface area contributed by atoms with Gasteiger partial charge >= 0.3 is 0 Å². The van der Waals surface area contributed by atoms with Gasteiger partial charge in [-0.05, 0) is 84.1 Å². The van der Waals surface area contributed by atoms with Gasteiger partial charge in [0.15, 0.2) is 0 Å². The van der Waals surface area contributed by atoms with Crippen LogP contribution in [0, 0.1) is 23.7 Å². The van der Waals surface area contributed by atoms with E-state index < -0.39 is 0 Å². The van der Waals surface area contributed by atoms with Gasteiger partial charge in [-0.15, -0.1) is 0 Å². The molecule has 0 atom stereocenters. The van der Waals surface area contributed by atoms with E-state index in [-0.39, 0.29) is 5.41 Å². The van der Waals surface area contributed by atoms with Gasteiger partial charge in [-0.25, -0.2) is 0 Å².